The molecule has 0 bridgehead atoms. The molecule has 2 aliphatic rings. The van der Waals surface area contributed by atoms with Gasteiger partial charge in [0.05, 0.1) is 0 Å². The number of rotatable bonds is 4. The smallest absolute Gasteiger partial charge is 0.239 e. The zero-order chi connectivity index (χ0) is 13.8. The molecule has 0 aliphatic carbocycles. The second kappa shape index (κ2) is 6.69. The molecule has 0 aromatic rings. The van der Waals surface area contributed by atoms with Gasteiger partial charge in [-0.15, -0.1) is 0 Å². The van der Waals surface area contributed by atoms with Crippen molar-refractivity contribution in [3.05, 3.63) is 12.3 Å². The maximum absolute atomic E-state index is 12.3. The van der Waals surface area contributed by atoms with Gasteiger partial charge in [-0.05, 0) is 45.6 Å². The Labute approximate surface area is 115 Å². The lowest BCUT2D eigenvalue weighted by atomic mass is 9.95. The van der Waals surface area contributed by atoms with Crippen LogP contribution in [0.25, 0.3) is 0 Å². The maximum Gasteiger partial charge on any atom is 0.239 e. The van der Waals surface area contributed by atoms with E-state index in [1.807, 2.05) is 7.05 Å². The summed E-state index contributed by atoms with van der Waals surface area (Å²) in [5, 5.41) is 0. The van der Waals surface area contributed by atoms with Crippen molar-refractivity contribution in [3.63, 3.8) is 0 Å². The van der Waals surface area contributed by atoms with E-state index in [9.17, 15) is 8.78 Å². The van der Waals surface area contributed by atoms with Gasteiger partial charge in [-0.2, -0.15) is 0 Å². The Kier molecular flexibility index (Phi) is 5.20. The largest absolute Gasteiger partial charge is 0.372 e. The predicted molar refractivity (Wildman–Crippen MR) is 74.4 cm³/mol. The first kappa shape index (κ1) is 14.8. The van der Waals surface area contributed by atoms with E-state index in [0.29, 0.717) is 18.6 Å². The molecule has 4 heteroatoms. The van der Waals surface area contributed by atoms with E-state index in [-0.39, 0.29) is 6.42 Å². The summed E-state index contributed by atoms with van der Waals surface area (Å²) >= 11 is 0. The molecule has 2 aliphatic heterocycles. The number of hydrogen-bond donors (Lipinski definition) is 0. The molecular weight excluding hydrogens is 246 g/mol. The minimum Gasteiger partial charge on any atom is -0.372 e. The molecule has 2 nitrogen and oxygen atoms in total. The Morgan fingerprint density at radius 1 is 1.37 bits per heavy atom. The second-order valence-electron chi connectivity index (χ2n) is 6.00. The SMILES string of the molecule is C=C1CCCC(N(C)CCC(F)F)C[C@H]2CCCN12. The average molecular weight is 272 g/mol. The number of nitrogens with zero attached hydrogens (tertiary/aromatic N) is 2. The molecule has 110 valence electrons. The highest BCUT2D eigenvalue weighted by molar-refractivity contribution is 5.02. The lowest BCUT2D eigenvalue weighted by molar-refractivity contribution is 0.0994. The van der Waals surface area contributed by atoms with Gasteiger partial charge < -0.3 is 9.80 Å². The standard InChI is InChI=1S/C15H26F2N2/c1-12-5-3-6-13(18(2)10-8-15(16)17)11-14-7-4-9-19(12)14/h13-15H,1,3-11H2,2H3/t13?,14-/m1/s1. The zero-order valence-electron chi connectivity index (χ0n) is 12.0. The fourth-order valence-corrected chi connectivity index (χ4v) is 3.50. The Balaban J connectivity index is 1.92. The Hall–Kier alpha value is -0.640. The zero-order valence-corrected chi connectivity index (χ0v) is 12.0. The summed E-state index contributed by atoms with van der Waals surface area (Å²) in [6.07, 6.45) is 4.71. The second-order valence-corrected chi connectivity index (χ2v) is 6.00. The molecule has 1 unspecified atom stereocenters. The van der Waals surface area contributed by atoms with Crippen molar-refractivity contribution in [2.24, 2.45) is 0 Å². The van der Waals surface area contributed by atoms with Crippen LogP contribution in [-0.2, 0) is 0 Å². The van der Waals surface area contributed by atoms with E-state index in [2.05, 4.69) is 16.4 Å². The van der Waals surface area contributed by atoms with Crippen molar-refractivity contribution in [3.8, 4) is 0 Å². The summed E-state index contributed by atoms with van der Waals surface area (Å²) in [5.74, 6) is 0. The third-order valence-electron chi connectivity index (χ3n) is 4.65. The van der Waals surface area contributed by atoms with Gasteiger partial charge in [-0.1, -0.05) is 6.58 Å². The van der Waals surface area contributed by atoms with E-state index >= 15 is 0 Å². The van der Waals surface area contributed by atoms with Gasteiger partial charge in [0.1, 0.15) is 0 Å². The van der Waals surface area contributed by atoms with Crippen molar-refractivity contribution in [1.82, 2.24) is 9.80 Å². The first-order valence-electron chi connectivity index (χ1n) is 7.50. The van der Waals surface area contributed by atoms with Crippen LogP contribution >= 0.6 is 0 Å². The Morgan fingerprint density at radius 2 is 2.16 bits per heavy atom. The predicted octanol–water partition coefficient (Wildman–Crippen LogP) is 3.49. The van der Waals surface area contributed by atoms with Crippen molar-refractivity contribution in [2.75, 3.05) is 20.1 Å². The van der Waals surface area contributed by atoms with E-state index in [4.69, 9.17) is 0 Å². The van der Waals surface area contributed by atoms with Crippen molar-refractivity contribution >= 4 is 0 Å². The fourth-order valence-electron chi connectivity index (χ4n) is 3.50. The molecule has 0 aromatic carbocycles. The summed E-state index contributed by atoms with van der Waals surface area (Å²) in [7, 11) is 2.00. The van der Waals surface area contributed by atoms with Gasteiger partial charge in [-0.25, -0.2) is 8.78 Å². The number of hydrogen-bond acceptors (Lipinski definition) is 2. The molecule has 0 aromatic heterocycles. The minimum atomic E-state index is -2.18. The van der Waals surface area contributed by atoms with Gasteiger partial charge in [0.25, 0.3) is 0 Å². The normalized spacial score (nSPS) is 28.7. The molecule has 2 fully saturated rings. The van der Waals surface area contributed by atoms with Crippen LogP contribution in [0.2, 0.25) is 0 Å². The van der Waals surface area contributed by atoms with Crippen LogP contribution in [0.15, 0.2) is 12.3 Å². The maximum atomic E-state index is 12.3. The summed E-state index contributed by atoms with van der Waals surface area (Å²) in [5.41, 5.74) is 1.29. The van der Waals surface area contributed by atoms with Gasteiger partial charge in [0.15, 0.2) is 0 Å². The first-order valence-corrected chi connectivity index (χ1v) is 7.50. The van der Waals surface area contributed by atoms with Crippen LogP contribution in [0.1, 0.15) is 44.9 Å². The highest BCUT2D eigenvalue weighted by atomic mass is 19.3. The van der Waals surface area contributed by atoms with Crippen LogP contribution in [0.4, 0.5) is 8.78 Å². The molecule has 0 spiro atoms. The third-order valence-corrected chi connectivity index (χ3v) is 4.65. The molecule has 0 radical (unpaired) electrons. The minimum absolute atomic E-state index is 0.00586. The molecule has 19 heavy (non-hydrogen) atoms. The molecule has 2 rings (SSSR count). The van der Waals surface area contributed by atoms with Crippen LogP contribution in [0.3, 0.4) is 0 Å². The quantitative estimate of drug-likeness (QED) is 0.773. The molecule has 0 N–H and O–H groups in total. The number of fused-ring (bicyclic) bond motifs is 1. The van der Waals surface area contributed by atoms with Crippen LogP contribution in [0.5, 0.6) is 0 Å². The van der Waals surface area contributed by atoms with Gasteiger partial charge in [0, 0.05) is 37.3 Å². The van der Waals surface area contributed by atoms with Crippen LogP contribution < -0.4 is 0 Å². The van der Waals surface area contributed by atoms with Gasteiger partial charge >= 0.3 is 0 Å². The summed E-state index contributed by atoms with van der Waals surface area (Å²) in [6, 6.07) is 1.05. The van der Waals surface area contributed by atoms with E-state index < -0.39 is 6.43 Å². The van der Waals surface area contributed by atoms with Crippen molar-refractivity contribution in [1.29, 1.82) is 0 Å². The topological polar surface area (TPSA) is 6.48 Å². The van der Waals surface area contributed by atoms with E-state index in [0.717, 1.165) is 32.2 Å². The number of halogens is 2. The lowest BCUT2D eigenvalue weighted by Gasteiger charge is -2.37. The highest BCUT2D eigenvalue weighted by Crippen LogP contribution is 2.32. The lowest BCUT2D eigenvalue weighted by Crippen LogP contribution is -2.41. The van der Waals surface area contributed by atoms with E-state index in [1.54, 1.807) is 0 Å². The monoisotopic (exact) mass is 272 g/mol. The molecule has 2 saturated heterocycles. The summed E-state index contributed by atoms with van der Waals surface area (Å²) in [4.78, 5) is 4.61. The number of alkyl halides is 2. The molecular formula is C15H26F2N2. The Bertz CT molecular complexity index is 307. The van der Waals surface area contributed by atoms with Crippen LogP contribution in [0, 0.1) is 0 Å². The van der Waals surface area contributed by atoms with Crippen LogP contribution in [-0.4, -0.2) is 48.4 Å². The highest BCUT2D eigenvalue weighted by Gasteiger charge is 2.31. The number of allylic oxidation sites excluding steroid dienone is 1. The van der Waals surface area contributed by atoms with Crippen molar-refractivity contribution in [2.45, 2.75) is 63.5 Å². The van der Waals surface area contributed by atoms with Gasteiger partial charge in [0.2, 0.25) is 6.43 Å². The Morgan fingerprint density at radius 3 is 2.89 bits per heavy atom. The van der Waals surface area contributed by atoms with Gasteiger partial charge in [-0.3, -0.25) is 0 Å². The van der Waals surface area contributed by atoms with Crippen molar-refractivity contribution < 1.29 is 8.78 Å². The molecule has 2 heterocycles. The molecule has 0 amide bonds. The summed E-state index contributed by atoms with van der Waals surface area (Å²) < 4.78 is 24.7. The molecule has 2 atom stereocenters. The fraction of sp³-hybridized carbons (Fsp3) is 0.867. The summed E-state index contributed by atoms with van der Waals surface area (Å²) in [6.45, 7) is 5.85. The third kappa shape index (κ3) is 3.91. The molecule has 0 saturated carbocycles. The average Bonchev–Trinajstić information content (AvgIpc) is 2.80. The first-order chi connectivity index (χ1) is 9.08. The van der Waals surface area contributed by atoms with E-state index in [1.165, 1.54) is 18.5 Å².